The lowest BCUT2D eigenvalue weighted by molar-refractivity contribution is 0.0511. The van der Waals surface area contributed by atoms with Crippen LogP contribution in [0.4, 0.5) is 4.79 Å². The lowest BCUT2D eigenvalue weighted by Gasteiger charge is -2.18. The van der Waals surface area contributed by atoms with Gasteiger partial charge in [-0.15, -0.1) is 5.10 Å². The predicted molar refractivity (Wildman–Crippen MR) is 62.1 cm³/mol. The maximum atomic E-state index is 11.7. The molecule has 0 N–H and O–H groups in total. The van der Waals surface area contributed by atoms with E-state index < -0.39 is 11.7 Å². The first kappa shape index (κ1) is 12.0. The zero-order valence-corrected chi connectivity index (χ0v) is 10.6. The first-order valence-electron chi connectivity index (χ1n) is 5.81. The van der Waals surface area contributed by atoms with Crippen molar-refractivity contribution >= 4 is 6.09 Å². The van der Waals surface area contributed by atoms with Crippen molar-refractivity contribution in [3.05, 3.63) is 12.3 Å². The second kappa shape index (κ2) is 4.05. The molecule has 0 aliphatic heterocycles. The lowest BCUT2D eigenvalue weighted by atomic mass is 10.2. The molecule has 1 aliphatic carbocycles. The van der Waals surface area contributed by atoms with E-state index in [1.54, 1.807) is 12.3 Å². The number of ether oxygens (including phenoxy) is 2. The Balaban J connectivity index is 1.95. The summed E-state index contributed by atoms with van der Waals surface area (Å²) >= 11 is 0. The Bertz CT molecular complexity index is 420. The molecule has 1 saturated carbocycles. The van der Waals surface area contributed by atoms with Crippen LogP contribution in [0.2, 0.25) is 0 Å². The molecule has 0 amide bonds. The molecule has 0 aromatic carbocycles. The van der Waals surface area contributed by atoms with Gasteiger partial charge < -0.3 is 9.47 Å². The summed E-state index contributed by atoms with van der Waals surface area (Å²) in [6, 6.07) is 1.68. The Morgan fingerprint density at radius 1 is 1.53 bits per heavy atom. The molecule has 1 aliphatic rings. The zero-order valence-electron chi connectivity index (χ0n) is 10.6. The van der Waals surface area contributed by atoms with E-state index in [0.29, 0.717) is 11.8 Å². The summed E-state index contributed by atoms with van der Waals surface area (Å²) in [7, 11) is 0. The van der Waals surface area contributed by atoms with Crippen LogP contribution in [-0.2, 0) is 4.74 Å². The summed E-state index contributed by atoms with van der Waals surface area (Å²) in [5.74, 6) is 1.06. The van der Waals surface area contributed by atoms with E-state index in [1.165, 1.54) is 0 Å². The highest BCUT2D eigenvalue weighted by Crippen LogP contribution is 2.33. The van der Waals surface area contributed by atoms with Gasteiger partial charge in [0.25, 0.3) is 0 Å². The quantitative estimate of drug-likeness (QED) is 0.794. The Hall–Kier alpha value is -1.52. The predicted octanol–water partition coefficient (Wildman–Crippen LogP) is 2.45. The van der Waals surface area contributed by atoms with Gasteiger partial charge in [-0.05, 0) is 33.1 Å². The van der Waals surface area contributed by atoms with Crippen LogP contribution in [0.5, 0.6) is 5.88 Å². The first-order valence-corrected chi connectivity index (χ1v) is 5.81. The molecular weight excluding hydrogens is 220 g/mol. The Morgan fingerprint density at radius 2 is 2.18 bits per heavy atom. The van der Waals surface area contributed by atoms with E-state index in [-0.39, 0.29) is 6.10 Å². The number of aromatic nitrogens is 2. The monoisotopic (exact) mass is 238 g/mol. The highest BCUT2D eigenvalue weighted by Gasteiger charge is 2.35. The summed E-state index contributed by atoms with van der Waals surface area (Å²) < 4.78 is 11.9. The van der Waals surface area contributed by atoms with Crippen LogP contribution < -0.4 is 4.74 Å². The van der Waals surface area contributed by atoms with Gasteiger partial charge in [-0.25, -0.2) is 4.79 Å². The van der Waals surface area contributed by atoms with Crippen molar-refractivity contribution < 1.29 is 14.3 Å². The highest BCUT2D eigenvalue weighted by molar-refractivity contribution is 5.69. The molecule has 94 valence electrons. The van der Waals surface area contributed by atoms with Gasteiger partial charge in [0, 0.05) is 12.3 Å². The highest BCUT2D eigenvalue weighted by atomic mass is 16.6. The van der Waals surface area contributed by atoms with Crippen molar-refractivity contribution in [1.29, 1.82) is 0 Å². The third-order valence-electron chi connectivity index (χ3n) is 2.45. The van der Waals surface area contributed by atoms with Crippen LogP contribution in [0.1, 0.15) is 34.1 Å². The van der Waals surface area contributed by atoms with Gasteiger partial charge in [0.2, 0.25) is 5.88 Å². The minimum Gasteiger partial charge on any atom is -0.473 e. The van der Waals surface area contributed by atoms with E-state index in [2.05, 4.69) is 12.0 Å². The van der Waals surface area contributed by atoms with Gasteiger partial charge in [0.05, 0.1) is 0 Å². The third kappa shape index (κ3) is 3.22. The molecule has 1 aromatic heterocycles. The van der Waals surface area contributed by atoms with E-state index >= 15 is 0 Å². The van der Waals surface area contributed by atoms with Gasteiger partial charge in [-0.1, -0.05) is 6.92 Å². The summed E-state index contributed by atoms with van der Waals surface area (Å²) in [6.45, 7) is 7.57. The smallest absolute Gasteiger partial charge is 0.435 e. The largest absolute Gasteiger partial charge is 0.473 e. The molecule has 17 heavy (non-hydrogen) atoms. The normalized spacial score (nSPS) is 23.3. The van der Waals surface area contributed by atoms with Crippen molar-refractivity contribution in [3.8, 4) is 5.88 Å². The second-order valence-corrected chi connectivity index (χ2v) is 5.45. The minimum absolute atomic E-state index is 0.247. The van der Waals surface area contributed by atoms with Gasteiger partial charge in [-0.2, -0.15) is 4.68 Å². The molecule has 0 spiro atoms. The van der Waals surface area contributed by atoms with Crippen molar-refractivity contribution in [2.24, 2.45) is 5.92 Å². The number of hydrogen-bond acceptors (Lipinski definition) is 4. The lowest BCUT2D eigenvalue weighted by Crippen LogP contribution is -2.27. The number of rotatable bonds is 2. The molecule has 2 rings (SSSR count). The molecule has 0 bridgehead atoms. The average molecular weight is 238 g/mol. The van der Waals surface area contributed by atoms with Crippen LogP contribution in [-0.4, -0.2) is 27.6 Å². The van der Waals surface area contributed by atoms with Gasteiger partial charge in [0.1, 0.15) is 11.7 Å². The molecule has 1 heterocycles. The number of hydrogen-bond donors (Lipinski definition) is 0. The van der Waals surface area contributed by atoms with Crippen LogP contribution in [0, 0.1) is 5.92 Å². The minimum atomic E-state index is -0.519. The first-order chi connectivity index (χ1) is 7.85. The summed E-state index contributed by atoms with van der Waals surface area (Å²) in [5, 5.41) is 4.03. The van der Waals surface area contributed by atoms with Crippen LogP contribution in [0.15, 0.2) is 12.3 Å². The van der Waals surface area contributed by atoms with Crippen molar-refractivity contribution in [1.82, 2.24) is 9.78 Å². The Morgan fingerprint density at radius 3 is 2.71 bits per heavy atom. The average Bonchev–Trinajstić information content (AvgIpc) is 2.70. The maximum absolute atomic E-state index is 11.7. The number of carbonyl (C=O) groups excluding carboxylic acids is 1. The number of carbonyl (C=O) groups is 1. The zero-order chi connectivity index (χ0) is 12.6. The Kier molecular flexibility index (Phi) is 2.85. The second-order valence-electron chi connectivity index (χ2n) is 5.45. The fraction of sp³-hybridized carbons (Fsp3) is 0.667. The van der Waals surface area contributed by atoms with Gasteiger partial charge in [-0.3, -0.25) is 0 Å². The molecule has 0 unspecified atom stereocenters. The standard InChI is InChI=1S/C12H18N2O3/c1-8-7-9(8)16-10-5-6-14(13-10)11(15)17-12(2,3)4/h5-6,8-9H,7H2,1-4H3/t8-,9-/m1/s1. The topological polar surface area (TPSA) is 53.4 Å². The summed E-state index contributed by atoms with van der Waals surface area (Å²) in [5.41, 5.74) is -0.519. The molecule has 1 aromatic rings. The van der Waals surface area contributed by atoms with E-state index in [0.717, 1.165) is 11.1 Å². The molecule has 5 heteroatoms. The van der Waals surface area contributed by atoms with Crippen molar-refractivity contribution in [2.75, 3.05) is 0 Å². The fourth-order valence-electron chi connectivity index (χ4n) is 1.39. The van der Waals surface area contributed by atoms with Crippen LogP contribution >= 0.6 is 0 Å². The molecule has 0 saturated heterocycles. The van der Waals surface area contributed by atoms with E-state index in [1.807, 2.05) is 20.8 Å². The maximum Gasteiger partial charge on any atom is 0.435 e. The van der Waals surface area contributed by atoms with Crippen molar-refractivity contribution in [3.63, 3.8) is 0 Å². The fourth-order valence-corrected chi connectivity index (χ4v) is 1.39. The van der Waals surface area contributed by atoms with E-state index in [4.69, 9.17) is 9.47 Å². The molecule has 5 nitrogen and oxygen atoms in total. The SMILES string of the molecule is C[C@@H]1C[C@H]1Oc1ccn(C(=O)OC(C)(C)C)n1. The van der Waals surface area contributed by atoms with Crippen LogP contribution in [0.3, 0.4) is 0 Å². The van der Waals surface area contributed by atoms with Gasteiger partial charge >= 0.3 is 6.09 Å². The van der Waals surface area contributed by atoms with Crippen LogP contribution in [0.25, 0.3) is 0 Å². The number of nitrogens with zero attached hydrogens (tertiary/aromatic N) is 2. The molecule has 2 atom stereocenters. The molecular formula is C12H18N2O3. The Labute approximate surface area is 101 Å². The van der Waals surface area contributed by atoms with Crippen molar-refractivity contribution in [2.45, 2.75) is 45.8 Å². The van der Waals surface area contributed by atoms with E-state index in [9.17, 15) is 4.79 Å². The summed E-state index contributed by atoms with van der Waals surface area (Å²) in [4.78, 5) is 11.7. The van der Waals surface area contributed by atoms with Gasteiger partial charge in [0.15, 0.2) is 0 Å². The molecule has 1 fully saturated rings. The third-order valence-corrected chi connectivity index (χ3v) is 2.45. The molecule has 0 radical (unpaired) electrons. The summed E-state index contributed by atoms with van der Waals surface area (Å²) in [6.07, 6.45) is 2.36.